The minimum absolute atomic E-state index is 0.530. The molecule has 2 nitrogen and oxygen atoms in total. The Balaban J connectivity index is 1.90. The highest BCUT2D eigenvalue weighted by atomic mass is 35.5. The lowest BCUT2D eigenvalue weighted by Gasteiger charge is -2.11. The van der Waals surface area contributed by atoms with E-state index in [2.05, 4.69) is 10.6 Å². The molecule has 98 valence electrons. The van der Waals surface area contributed by atoms with Crippen LogP contribution in [0.15, 0.2) is 48.5 Å². The third kappa shape index (κ3) is 4.39. The van der Waals surface area contributed by atoms with Gasteiger partial charge in [0.2, 0.25) is 0 Å². The van der Waals surface area contributed by atoms with Gasteiger partial charge in [-0.05, 0) is 42.0 Å². The third-order valence-electron chi connectivity index (χ3n) is 2.48. The Morgan fingerprint density at radius 3 is 2.58 bits per heavy atom. The lowest BCUT2D eigenvalue weighted by molar-refractivity contribution is 0.926. The number of thiocarbonyl (C=S) groups is 1. The predicted octanol–water partition coefficient (Wildman–Crippen LogP) is 4.48. The van der Waals surface area contributed by atoms with Crippen molar-refractivity contribution < 1.29 is 0 Å². The lowest BCUT2D eigenvalue weighted by atomic mass is 10.2. The molecule has 2 N–H and O–H groups in total. The summed E-state index contributed by atoms with van der Waals surface area (Å²) in [7, 11) is 0. The zero-order valence-corrected chi connectivity index (χ0v) is 12.3. The Morgan fingerprint density at radius 1 is 1.05 bits per heavy atom. The Morgan fingerprint density at radius 2 is 1.84 bits per heavy atom. The quantitative estimate of drug-likeness (QED) is 0.817. The minimum Gasteiger partial charge on any atom is -0.358 e. The van der Waals surface area contributed by atoms with Crippen molar-refractivity contribution >= 4 is 46.2 Å². The molecular weight excluding hydrogens is 299 g/mol. The van der Waals surface area contributed by atoms with Gasteiger partial charge in [0.05, 0.1) is 0 Å². The summed E-state index contributed by atoms with van der Waals surface area (Å²) >= 11 is 17.2. The normalized spacial score (nSPS) is 10.0. The van der Waals surface area contributed by atoms with Crippen LogP contribution in [0.4, 0.5) is 5.69 Å². The summed E-state index contributed by atoms with van der Waals surface area (Å²) in [5.41, 5.74) is 1.85. The maximum Gasteiger partial charge on any atom is 0.171 e. The molecule has 0 fully saturated rings. The first-order chi connectivity index (χ1) is 9.15. The van der Waals surface area contributed by atoms with E-state index in [-0.39, 0.29) is 0 Å². The summed E-state index contributed by atoms with van der Waals surface area (Å²) in [4.78, 5) is 0. The highest BCUT2D eigenvalue weighted by Gasteiger charge is 2.01. The number of rotatable bonds is 3. The van der Waals surface area contributed by atoms with E-state index < -0.39 is 0 Å². The molecule has 0 unspecified atom stereocenters. The molecule has 0 heterocycles. The summed E-state index contributed by atoms with van der Waals surface area (Å²) in [6, 6.07) is 15.0. The van der Waals surface area contributed by atoms with Crippen molar-refractivity contribution in [3.8, 4) is 0 Å². The maximum atomic E-state index is 6.07. The first-order valence-electron chi connectivity index (χ1n) is 5.69. The van der Waals surface area contributed by atoms with Gasteiger partial charge in [-0.25, -0.2) is 0 Å². The summed E-state index contributed by atoms with van der Waals surface area (Å²) in [6.45, 7) is 0.575. The van der Waals surface area contributed by atoms with Crippen molar-refractivity contribution in [2.75, 3.05) is 5.32 Å². The summed E-state index contributed by atoms with van der Waals surface area (Å²) < 4.78 is 0. The molecule has 2 rings (SSSR count). The number of hydrogen-bond acceptors (Lipinski definition) is 1. The number of benzene rings is 2. The molecule has 0 bridgehead atoms. The van der Waals surface area contributed by atoms with E-state index in [1.54, 1.807) is 0 Å². The van der Waals surface area contributed by atoms with Crippen molar-refractivity contribution in [3.63, 3.8) is 0 Å². The third-order valence-corrected chi connectivity index (χ3v) is 3.33. The highest BCUT2D eigenvalue weighted by Crippen LogP contribution is 2.16. The second-order valence-corrected chi connectivity index (χ2v) is 5.16. The van der Waals surface area contributed by atoms with Crippen molar-refractivity contribution in [2.45, 2.75) is 6.54 Å². The molecule has 2 aromatic carbocycles. The largest absolute Gasteiger partial charge is 0.358 e. The van der Waals surface area contributed by atoms with E-state index in [0.717, 1.165) is 16.3 Å². The van der Waals surface area contributed by atoms with Gasteiger partial charge in [0.1, 0.15) is 0 Å². The lowest BCUT2D eigenvalue weighted by Crippen LogP contribution is -2.27. The zero-order chi connectivity index (χ0) is 13.7. The topological polar surface area (TPSA) is 24.1 Å². The molecule has 0 amide bonds. The maximum absolute atomic E-state index is 6.07. The van der Waals surface area contributed by atoms with Crippen LogP contribution >= 0.6 is 35.4 Å². The molecule has 5 heteroatoms. The average Bonchev–Trinajstić information content (AvgIpc) is 2.38. The second kappa shape index (κ2) is 6.75. The molecular formula is C14H12Cl2N2S. The Bertz CT molecular complexity index is 587. The standard InChI is InChI=1S/C14H12Cl2N2S/c15-11-5-3-6-12(8-11)18-14(19)17-9-10-4-1-2-7-13(10)16/h1-8H,9H2,(H2,17,18,19). The van der Waals surface area contributed by atoms with Gasteiger partial charge < -0.3 is 10.6 Å². The Kier molecular flexibility index (Phi) is 5.02. The molecule has 0 aliphatic heterocycles. The zero-order valence-electron chi connectivity index (χ0n) is 9.99. The fourth-order valence-electron chi connectivity index (χ4n) is 1.56. The van der Waals surface area contributed by atoms with E-state index in [4.69, 9.17) is 35.4 Å². The molecule has 2 aromatic rings. The number of anilines is 1. The number of halogens is 2. The molecule has 0 aromatic heterocycles. The molecule has 0 spiro atoms. The fraction of sp³-hybridized carbons (Fsp3) is 0.0714. The van der Waals surface area contributed by atoms with Crippen molar-refractivity contribution in [3.05, 3.63) is 64.1 Å². The minimum atomic E-state index is 0.530. The molecule has 19 heavy (non-hydrogen) atoms. The van der Waals surface area contributed by atoms with E-state index in [1.165, 1.54) is 0 Å². The van der Waals surface area contributed by atoms with E-state index in [9.17, 15) is 0 Å². The van der Waals surface area contributed by atoms with Gasteiger partial charge in [-0.3, -0.25) is 0 Å². The summed E-state index contributed by atoms with van der Waals surface area (Å²) in [5, 5.41) is 8.08. The first kappa shape index (κ1) is 14.1. The molecule has 0 aliphatic carbocycles. The molecule has 0 atom stereocenters. The Hall–Kier alpha value is -1.29. The predicted molar refractivity (Wildman–Crippen MR) is 86.0 cm³/mol. The van der Waals surface area contributed by atoms with Crippen LogP contribution in [0.2, 0.25) is 10.0 Å². The van der Waals surface area contributed by atoms with Crippen LogP contribution in [0, 0.1) is 0 Å². The monoisotopic (exact) mass is 310 g/mol. The van der Waals surface area contributed by atoms with Crippen LogP contribution in [0.3, 0.4) is 0 Å². The van der Waals surface area contributed by atoms with Gasteiger partial charge in [-0.2, -0.15) is 0 Å². The van der Waals surface area contributed by atoms with E-state index in [0.29, 0.717) is 16.7 Å². The van der Waals surface area contributed by atoms with Gasteiger partial charge in [0, 0.05) is 22.3 Å². The van der Waals surface area contributed by atoms with Gasteiger partial charge in [-0.1, -0.05) is 47.5 Å². The van der Waals surface area contributed by atoms with Gasteiger partial charge in [0.25, 0.3) is 0 Å². The molecule has 0 radical (unpaired) electrons. The van der Waals surface area contributed by atoms with Crippen LogP contribution in [-0.2, 0) is 6.54 Å². The molecule has 0 aliphatic rings. The van der Waals surface area contributed by atoms with Gasteiger partial charge in [0.15, 0.2) is 5.11 Å². The summed E-state index contributed by atoms with van der Waals surface area (Å²) in [5.74, 6) is 0. The van der Waals surface area contributed by atoms with E-state index >= 15 is 0 Å². The van der Waals surface area contributed by atoms with Gasteiger partial charge in [-0.15, -0.1) is 0 Å². The van der Waals surface area contributed by atoms with Gasteiger partial charge >= 0.3 is 0 Å². The number of nitrogens with one attached hydrogen (secondary N) is 2. The van der Waals surface area contributed by atoms with Crippen LogP contribution in [0.1, 0.15) is 5.56 Å². The first-order valence-corrected chi connectivity index (χ1v) is 6.85. The summed E-state index contributed by atoms with van der Waals surface area (Å²) in [6.07, 6.45) is 0. The van der Waals surface area contributed by atoms with Crippen LogP contribution in [0.25, 0.3) is 0 Å². The average molecular weight is 311 g/mol. The SMILES string of the molecule is S=C(NCc1ccccc1Cl)Nc1cccc(Cl)c1. The van der Waals surface area contributed by atoms with Crippen molar-refractivity contribution in [2.24, 2.45) is 0 Å². The van der Waals surface area contributed by atoms with Crippen LogP contribution < -0.4 is 10.6 Å². The fourth-order valence-corrected chi connectivity index (χ4v) is 2.14. The van der Waals surface area contributed by atoms with Crippen LogP contribution in [-0.4, -0.2) is 5.11 Å². The van der Waals surface area contributed by atoms with Crippen LogP contribution in [0.5, 0.6) is 0 Å². The molecule has 0 saturated heterocycles. The highest BCUT2D eigenvalue weighted by molar-refractivity contribution is 7.80. The van der Waals surface area contributed by atoms with Crippen molar-refractivity contribution in [1.82, 2.24) is 5.32 Å². The Labute approximate surface area is 127 Å². The smallest absolute Gasteiger partial charge is 0.171 e. The molecule has 0 saturated carbocycles. The second-order valence-electron chi connectivity index (χ2n) is 3.91. The van der Waals surface area contributed by atoms with E-state index in [1.807, 2.05) is 48.5 Å². The van der Waals surface area contributed by atoms with Crippen molar-refractivity contribution in [1.29, 1.82) is 0 Å². The number of hydrogen-bond donors (Lipinski definition) is 2.